The molecule has 1 unspecified atom stereocenters. The van der Waals surface area contributed by atoms with E-state index >= 15 is 0 Å². The molecular formula is C16H6F26O2. The van der Waals surface area contributed by atoms with Gasteiger partial charge in [0.2, 0.25) is 5.78 Å². The van der Waals surface area contributed by atoms with Crippen molar-refractivity contribution in [3.8, 4) is 0 Å². The summed E-state index contributed by atoms with van der Waals surface area (Å²) in [5.41, 5.74) is -6.21. The van der Waals surface area contributed by atoms with Crippen LogP contribution in [0.4, 0.5) is 114 Å². The minimum absolute atomic E-state index is 1.48. The van der Waals surface area contributed by atoms with Gasteiger partial charge < -0.3 is 5.11 Å². The van der Waals surface area contributed by atoms with Gasteiger partial charge >= 0.3 is 71.6 Å². The minimum Gasteiger partial charge on any atom is -0.383 e. The van der Waals surface area contributed by atoms with Crippen LogP contribution in [0.25, 0.3) is 0 Å². The van der Waals surface area contributed by atoms with Crippen LogP contribution in [-0.2, 0) is 4.79 Å². The van der Waals surface area contributed by atoms with Crippen LogP contribution in [0, 0.1) is 0 Å². The van der Waals surface area contributed by atoms with Gasteiger partial charge in [0.05, 0.1) is 0 Å². The molecule has 0 aliphatic heterocycles. The van der Waals surface area contributed by atoms with Crippen molar-refractivity contribution >= 4 is 5.78 Å². The molecule has 0 saturated carbocycles. The largest absolute Gasteiger partial charge is 0.460 e. The summed E-state index contributed by atoms with van der Waals surface area (Å²) in [4.78, 5) is 11.3. The zero-order chi connectivity index (χ0) is 36.8. The average Bonchev–Trinajstić information content (AvgIpc) is 2.75. The maximum Gasteiger partial charge on any atom is 0.460 e. The van der Waals surface area contributed by atoms with E-state index < -0.39 is 96.3 Å². The van der Waals surface area contributed by atoms with Gasteiger partial charge in [-0.2, -0.15) is 114 Å². The lowest BCUT2D eigenvalue weighted by atomic mass is 9.81. The third-order valence-electron chi connectivity index (χ3n) is 5.40. The van der Waals surface area contributed by atoms with Crippen molar-refractivity contribution in [3.63, 3.8) is 0 Å². The van der Waals surface area contributed by atoms with E-state index in [1.807, 2.05) is 0 Å². The third kappa shape index (κ3) is 5.16. The first-order valence-corrected chi connectivity index (χ1v) is 9.55. The Balaban J connectivity index is 6.95. The zero-order valence-electron chi connectivity index (χ0n) is 19.4. The number of carbonyl (C=O) groups excluding carboxylic acids is 1. The summed E-state index contributed by atoms with van der Waals surface area (Å²) < 4.78 is 340. The fraction of sp³-hybridized carbons (Fsp3) is 0.938. The Morgan fingerprint density at radius 3 is 0.841 bits per heavy atom. The maximum absolute atomic E-state index is 14.0. The summed E-state index contributed by atoms with van der Waals surface area (Å²) in [7, 11) is 0. The van der Waals surface area contributed by atoms with E-state index in [-0.39, 0.29) is 0 Å². The lowest BCUT2D eigenvalue weighted by Crippen LogP contribution is -2.74. The lowest BCUT2D eigenvalue weighted by molar-refractivity contribution is -0.449. The van der Waals surface area contributed by atoms with Crippen LogP contribution < -0.4 is 0 Å². The van der Waals surface area contributed by atoms with E-state index in [0.717, 1.165) is 0 Å². The van der Waals surface area contributed by atoms with Crippen LogP contribution in [-0.4, -0.2) is 88.1 Å². The Morgan fingerprint density at radius 2 is 0.591 bits per heavy atom. The summed E-state index contributed by atoms with van der Waals surface area (Å²) in [6.45, 7) is -1.48. The molecule has 0 aliphatic rings. The van der Waals surface area contributed by atoms with Gasteiger partial charge in [-0.1, -0.05) is 0 Å². The van der Waals surface area contributed by atoms with Crippen LogP contribution in [0.15, 0.2) is 0 Å². The Labute approximate surface area is 221 Å². The van der Waals surface area contributed by atoms with E-state index in [1.165, 1.54) is 0 Å². The first kappa shape index (κ1) is 41.8. The van der Waals surface area contributed by atoms with Crippen LogP contribution >= 0.6 is 0 Å². The standard InChI is InChI=1S/C16H6F26O2/c1-4(44,6(19,20)8(23,24)10(27,28)12(31,32)14(35,36)16(40,41)42)2-3(43)5(17,18)7(21,22)9(25,26)11(29,30)13(33,34)15(37,38)39/h44H,2H2,1H3. The second-order valence-electron chi connectivity index (χ2n) is 8.61. The van der Waals surface area contributed by atoms with E-state index in [0.29, 0.717) is 0 Å². The molecule has 2 nitrogen and oxygen atoms in total. The number of hydrogen-bond acceptors (Lipinski definition) is 2. The average molecular weight is 724 g/mol. The van der Waals surface area contributed by atoms with Crippen molar-refractivity contribution in [1.29, 1.82) is 0 Å². The minimum atomic E-state index is -8.84. The summed E-state index contributed by atoms with van der Waals surface area (Å²) in [6.07, 6.45) is -20.3. The van der Waals surface area contributed by atoms with E-state index in [4.69, 9.17) is 5.11 Å². The highest BCUT2D eigenvalue weighted by molar-refractivity contribution is 5.88. The Bertz CT molecular complexity index is 1070. The third-order valence-corrected chi connectivity index (χ3v) is 5.40. The molecule has 28 heteroatoms. The van der Waals surface area contributed by atoms with Gasteiger partial charge in [-0.3, -0.25) is 4.79 Å². The molecule has 0 bridgehead atoms. The fourth-order valence-electron chi connectivity index (χ4n) is 2.59. The number of carbonyl (C=O) groups is 1. The quantitative estimate of drug-likeness (QED) is 0.207. The predicted molar refractivity (Wildman–Crippen MR) is 81.8 cm³/mol. The first-order chi connectivity index (χ1) is 18.4. The SMILES string of the molecule is CC(O)(CC(=O)C(F)(F)C(F)(F)C(F)(F)C(F)(F)C(F)(F)C(F)(F)F)C(F)(F)C(F)(F)C(F)(F)C(F)(F)C(F)(F)C(F)(F)F. The van der Waals surface area contributed by atoms with Gasteiger partial charge in [0, 0.05) is 6.42 Å². The highest BCUT2D eigenvalue weighted by atomic mass is 19.4. The molecule has 0 amide bonds. The van der Waals surface area contributed by atoms with Crippen molar-refractivity contribution in [3.05, 3.63) is 0 Å². The second-order valence-corrected chi connectivity index (χ2v) is 8.61. The molecule has 44 heavy (non-hydrogen) atoms. The smallest absolute Gasteiger partial charge is 0.383 e. The summed E-state index contributed by atoms with van der Waals surface area (Å²) in [6, 6.07) is 0. The van der Waals surface area contributed by atoms with Gasteiger partial charge in [0.25, 0.3) is 0 Å². The summed E-state index contributed by atoms with van der Waals surface area (Å²) in [5.74, 6) is -90.3. The van der Waals surface area contributed by atoms with Crippen LogP contribution in [0.3, 0.4) is 0 Å². The molecule has 0 aliphatic carbocycles. The molecule has 0 aromatic heterocycles. The van der Waals surface area contributed by atoms with Crippen molar-refractivity contribution in [2.24, 2.45) is 0 Å². The lowest BCUT2D eigenvalue weighted by Gasteiger charge is -2.44. The molecule has 1 atom stereocenters. The number of aliphatic hydroxyl groups is 1. The van der Waals surface area contributed by atoms with E-state index in [1.54, 1.807) is 0 Å². The molecule has 0 saturated heterocycles. The molecular weight excluding hydrogens is 718 g/mol. The van der Waals surface area contributed by atoms with Crippen molar-refractivity contribution in [2.75, 3.05) is 0 Å². The molecule has 0 radical (unpaired) electrons. The highest BCUT2D eigenvalue weighted by Crippen LogP contribution is 2.63. The van der Waals surface area contributed by atoms with Crippen LogP contribution in [0.1, 0.15) is 13.3 Å². The maximum atomic E-state index is 14.0. The number of halogens is 26. The Kier molecular flexibility index (Phi) is 9.65. The Morgan fingerprint density at radius 1 is 0.386 bits per heavy atom. The van der Waals surface area contributed by atoms with Crippen molar-refractivity contribution < 1.29 is 124 Å². The molecule has 264 valence electrons. The first-order valence-electron chi connectivity index (χ1n) is 9.55. The van der Waals surface area contributed by atoms with Crippen LogP contribution in [0.5, 0.6) is 0 Å². The van der Waals surface area contributed by atoms with Crippen LogP contribution in [0.2, 0.25) is 0 Å². The van der Waals surface area contributed by atoms with E-state index in [9.17, 15) is 119 Å². The van der Waals surface area contributed by atoms with Gasteiger partial charge in [-0.25, -0.2) is 0 Å². The number of rotatable bonds is 12. The predicted octanol–water partition coefficient (Wildman–Crippen LogP) is 8.17. The molecule has 0 aromatic rings. The zero-order valence-corrected chi connectivity index (χ0v) is 19.4. The monoisotopic (exact) mass is 724 g/mol. The molecule has 1 N–H and O–H groups in total. The normalized spacial score (nSPS) is 17.9. The van der Waals surface area contributed by atoms with Gasteiger partial charge in [0.1, 0.15) is 5.60 Å². The van der Waals surface area contributed by atoms with Crippen molar-refractivity contribution in [1.82, 2.24) is 0 Å². The highest BCUT2D eigenvalue weighted by Gasteiger charge is 2.94. The number of hydrogen-bond donors (Lipinski definition) is 1. The topological polar surface area (TPSA) is 37.3 Å². The molecule has 0 heterocycles. The number of Topliss-reactive ketones (excluding diaryl/α,β-unsaturated/α-hetero) is 1. The van der Waals surface area contributed by atoms with Crippen molar-refractivity contribution in [2.45, 2.75) is 90.5 Å². The number of alkyl halides is 26. The molecule has 0 rings (SSSR count). The molecule has 0 aromatic carbocycles. The molecule has 0 spiro atoms. The summed E-state index contributed by atoms with van der Waals surface area (Å²) >= 11 is 0. The second kappa shape index (κ2) is 10.2. The van der Waals surface area contributed by atoms with E-state index in [2.05, 4.69) is 0 Å². The fourth-order valence-corrected chi connectivity index (χ4v) is 2.59. The number of ketones is 1. The summed E-state index contributed by atoms with van der Waals surface area (Å²) in [5, 5.41) is 9.15. The van der Waals surface area contributed by atoms with Gasteiger partial charge in [-0.05, 0) is 6.92 Å². The van der Waals surface area contributed by atoms with Gasteiger partial charge in [-0.15, -0.1) is 0 Å². The Hall–Kier alpha value is -2.19. The molecule has 0 fully saturated rings. The van der Waals surface area contributed by atoms with Gasteiger partial charge in [0.15, 0.2) is 0 Å².